The molecule has 1 aliphatic rings. The maximum Gasteiger partial charge on any atom is 0.472 e. The Balaban J connectivity index is 2.27. The summed E-state index contributed by atoms with van der Waals surface area (Å²) in [4.78, 5) is 35.3. The van der Waals surface area contributed by atoms with Crippen LogP contribution >= 0.6 is 7.82 Å². The highest BCUT2D eigenvalue weighted by atomic mass is 31.2. The highest BCUT2D eigenvalue weighted by Gasteiger charge is 2.38. The average molecular weight is 761 g/mol. The fraction of sp³-hybridized carbons (Fsp3) is 0.950. The molecule has 0 aromatic rings. The van der Waals surface area contributed by atoms with Gasteiger partial charge >= 0.3 is 19.8 Å². The molecule has 0 saturated carbocycles. The Kier molecular flexibility index (Phi) is 28.0. The number of esters is 2. The van der Waals surface area contributed by atoms with Gasteiger partial charge < -0.3 is 18.9 Å². The largest absolute Gasteiger partial charge is 0.472 e. The number of hydrogen-bond acceptors (Lipinski definition) is 9. The van der Waals surface area contributed by atoms with Crippen LogP contribution in [0.15, 0.2) is 10.2 Å². The predicted molar refractivity (Wildman–Crippen MR) is 209 cm³/mol. The number of hydrogen-bond donors (Lipinski definition) is 1. The normalized spacial score (nSPS) is 15.3. The molecule has 0 radical (unpaired) electrons. The topological polar surface area (TPSA) is 133 Å². The van der Waals surface area contributed by atoms with Gasteiger partial charge in [0.1, 0.15) is 19.8 Å². The summed E-state index contributed by atoms with van der Waals surface area (Å²) in [6, 6.07) is 0. The summed E-state index contributed by atoms with van der Waals surface area (Å²) in [7, 11) is 1.47. The summed E-state index contributed by atoms with van der Waals surface area (Å²) in [6.45, 7) is 4.36. The Morgan fingerprint density at radius 1 is 0.615 bits per heavy atom. The van der Waals surface area contributed by atoms with Gasteiger partial charge in [-0.15, -0.1) is 0 Å². The lowest BCUT2D eigenvalue weighted by Gasteiger charge is -2.24. The molecule has 1 rings (SSSR count). The van der Waals surface area contributed by atoms with Crippen molar-refractivity contribution >= 4 is 19.8 Å². The smallest absolute Gasteiger partial charge is 0.462 e. The van der Waals surface area contributed by atoms with E-state index < -0.39 is 26.5 Å². The van der Waals surface area contributed by atoms with E-state index in [1.165, 1.54) is 103 Å². The van der Waals surface area contributed by atoms with Crippen molar-refractivity contribution in [1.82, 2.24) is 0 Å². The van der Waals surface area contributed by atoms with Crippen LogP contribution in [0.1, 0.15) is 187 Å². The SMILES string of the molecule is CCCCCCCCCCCCCC(=O)OCC(COP(=O)(O)OCC[N+](C)(C)C)OC(=O)CCCCCCCCCCCCC1(CCCC)N=N1. The molecule has 2 atom stereocenters. The minimum atomic E-state index is -4.37. The number of likely N-dealkylation sites (N-methyl/N-ethyl adjacent to an activating group) is 1. The molecule has 1 heterocycles. The quantitative estimate of drug-likeness (QED) is 0.0285. The molecule has 0 bridgehead atoms. The van der Waals surface area contributed by atoms with Gasteiger partial charge in [-0.1, -0.05) is 136 Å². The Bertz CT molecular complexity index is 984. The first-order chi connectivity index (χ1) is 24.9. The maximum atomic E-state index is 12.7. The molecule has 12 heteroatoms. The van der Waals surface area contributed by atoms with Crippen molar-refractivity contribution in [1.29, 1.82) is 0 Å². The molecule has 0 fully saturated rings. The summed E-state index contributed by atoms with van der Waals surface area (Å²) in [5, 5.41) is 8.60. The van der Waals surface area contributed by atoms with E-state index in [4.69, 9.17) is 18.5 Å². The molecular weight excluding hydrogens is 681 g/mol. The number of phosphoric acid groups is 1. The zero-order valence-corrected chi connectivity index (χ0v) is 35.0. The second-order valence-corrected chi connectivity index (χ2v) is 17.5. The van der Waals surface area contributed by atoms with Crippen LogP contribution in [0.5, 0.6) is 0 Å². The third kappa shape index (κ3) is 30.0. The number of carbonyl (C=O) groups excluding carboxylic acids is 2. The van der Waals surface area contributed by atoms with Crippen LogP contribution in [0.25, 0.3) is 0 Å². The summed E-state index contributed by atoms with van der Waals surface area (Å²) in [5.41, 5.74) is -0.0145. The molecule has 11 nitrogen and oxygen atoms in total. The van der Waals surface area contributed by atoms with Crippen molar-refractivity contribution in [2.24, 2.45) is 10.2 Å². The van der Waals surface area contributed by atoms with Crippen molar-refractivity contribution in [3.8, 4) is 0 Å². The first-order valence-electron chi connectivity index (χ1n) is 21.1. The van der Waals surface area contributed by atoms with Gasteiger partial charge in [0, 0.05) is 12.8 Å². The lowest BCUT2D eigenvalue weighted by molar-refractivity contribution is -0.870. The van der Waals surface area contributed by atoms with Crippen LogP contribution in [0.4, 0.5) is 0 Å². The molecule has 0 aromatic heterocycles. The number of ether oxygens (including phenoxy) is 2. The first-order valence-corrected chi connectivity index (χ1v) is 22.6. The summed E-state index contributed by atoms with van der Waals surface area (Å²) in [5.74, 6) is -0.804. The molecule has 306 valence electrons. The lowest BCUT2D eigenvalue weighted by atomic mass is 9.98. The van der Waals surface area contributed by atoms with Crippen molar-refractivity contribution < 1.29 is 42.1 Å². The number of rotatable bonds is 38. The standard InChI is InChI=1S/C40H78N3O8P/c1-6-8-10-11-12-13-14-17-20-23-26-29-38(44)48-35-37(36-50-52(46,47)49-34-33-43(3,4)5)51-39(45)30-27-24-21-18-15-16-19-22-25-28-32-40(41-42-40)31-9-7-2/h37H,6-36H2,1-5H3/p+1. The van der Waals surface area contributed by atoms with E-state index in [0.29, 0.717) is 17.4 Å². The molecule has 52 heavy (non-hydrogen) atoms. The minimum absolute atomic E-state index is 0.0145. The molecule has 0 saturated heterocycles. The molecule has 0 aliphatic carbocycles. The van der Waals surface area contributed by atoms with Gasteiger partial charge in [-0.05, 0) is 38.5 Å². The lowest BCUT2D eigenvalue weighted by Crippen LogP contribution is -2.37. The zero-order chi connectivity index (χ0) is 38.4. The van der Waals surface area contributed by atoms with E-state index in [0.717, 1.165) is 51.4 Å². The number of nitrogens with zero attached hydrogens (tertiary/aromatic N) is 3. The summed E-state index contributed by atoms with van der Waals surface area (Å²) >= 11 is 0. The van der Waals surface area contributed by atoms with E-state index in [1.807, 2.05) is 21.1 Å². The fourth-order valence-corrected chi connectivity index (χ4v) is 6.89. The molecule has 1 N–H and O–H groups in total. The average Bonchev–Trinajstić information content (AvgIpc) is 3.87. The monoisotopic (exact) mass is 761 g/mol. The maximum absolute atomic E-state index is 12.7. The van der Waals surface area contributed by atoms with Crippen LogP contribution < -0.4 is 0 Å². The first kappa shape index (κ1) is 48.6. The number of quaternary nitrogens is 1. The van der Waals surface area contributed by atoms with Crippen LogP contribution in [0.3, 0.4) is 0 Å². The van der Waals surface area contributed by atoms with Crippen molar-refractivity contribution in [3.63, 3.8) is 0 Å². The second-order valence-electron chi connectivity index (χ2n) is 16.0. The van der Waals surface area contributed by atoms with Gasteiger partial charge in [0.05, 0.1) is 27.7 Å². The van der Waals surface area contributed by atoms with E-state index >= 15 is 0 Å². The van der Waals surface area contributed by atoms with E-state index in [1.54, 1.807) is 0 Å². The van der Waals surface area contributed by atoms with Crippen LogP contribution in [0, 0.1) is 0 Å². The van der Waals surface area contributed by atoms with E-state index in [2.05, 4.69) is 24.1 Å². The molecule has 2 unspecified atom stereocenters. The zero-order valence-electron chi connectivity index (χ0n) is 34.1. The summed E-state index contributed by atoms with van der Waals surface area (Å²) in [6.07, 6.45) is 28.6. The molecule has 0 aromatic carbocycles. The predicted octanol–water partition coefficient (Wildman–Crippen LogP) is 11.0. The Morgan fingerprint density at radius 2 is 1.06 bits per heavy atom. The minimum Gasteiger partial charge on any atom is -0.462 e. The number of unbranched alkanes of at least 4 members (excludes halogenated alkanes) is 20. The van der Waals surface area contributed by atoms with Gasteiger partial charge in [0.25, 0.3) is 0 Å². The van der Waals surface area contributed by atoms with Crippen molar-refractivity contribution in [2.75, 3.05) is 47.5 Å². The molecule has 0 amide bonds. The van der Waals surface area contributed by atoms with Gasteiger partial charge in [-0.25, -0.2) is 4.57 Å². The molecule has 1 aliphatic heterocycles. The highest BCUT2D eigenvalue weighted by Crippen LogP contribution is 2.43. The Labute approximate surface area is 318 Å². The van der Waals surface area contributed by atoms with E-state index in [9.17, 15) is 19.0 Å². The third-order valence-corrected chi connectivity index (χ3v) is 10.7. The van der Waals surface area contributed by atoms with Crippen LogP contribution in [0.2, 0.25) is 0 Å². The molecule has 0 spiro atoms. The number of carbonyl (C=O) groups is 2. The Morgan fingerprint density at radius 3 is 1.54 bits per heavy atom. The van der Waals surface area contributed by atoms with Crippen LogP contribution in [-0.2, 0) is 32.7 Å². The van der Waals surface area contributed by atoms with Gasteiger partial charge in [0.2, 0.25) is 0 Å². The van der Waals surface area contributed by atoms with E-state index in [-0.39, 0.29) is 37.7 Å². The second kappa shape index (κ2) is 29.9. The number of phosphoric ester groups is 1. The highest BCUT2D eigenvalue weighted by molar-refractivity contribution is 7.47. The fourth-order valence-electron chi connectivity index (χ4n) is 6.14. The molecular formula is C40H79N3O8P+. The van der Waals surface area contributed by atoms with Gasteiger partial charge in [-0.3, -0.25) is 18.6 Å². The van der Waals surface area contributed by atoms with Crippen molar-refractivity contribution in [2.45, 2.75) is 199 Å². The summed E-state index contributed by atoms with van der Waals surface area (Å²) < 4.78 is 34.2. The Hall–Kier alpha value is -1.39. The van der Waals surface area contributed by atoms with Crippen molar-refractivity contribution in [3.05, 3.63) is 0 Å². The van der Waals surface area contributed by atoms with Gasteiger partial charge in [0.15, 0.2) is 11.8 Å². The third-order valence-electron chi connectivity index (χ3n) is 9.67. The van der Waals surface area contributed by atoms with Gasteiger partial charge in [-0.2, -0.15) is 10.2 Å². The van der Waals surface area contributed by atoms with Crippen LogP contribution in [-0.4, -0.2) is 80.6 Å².